The van der Waals surface area contributed by atoms with Crippen LogP contribution in [-0.2, 0) is 4.79 Å². The van der Waals surface area contributed by atoms with Gasteiger partial charge in [-0.25, -0.2) is 9.18 Å². The van der Waals surface area contributed by atoms with Crippen LogP contribution >= 0.6 is 0 Å². The molecule has 0 aliphatic carbocycles. The summed E-state index contributed by atoms with van der Waals surface area (Å²) in [6.07, 6.45) is 0. The second kappa shape index (κ2) is 7.29. The fourth-order valence-corrected chi connectivity index (χ4v) is 2.89. The molecule has 0 bridgehead atoms. The Morgan fingerprint density at radius 1 is 1.25 bits per heavy atom. The summed E-state index contributed by atoms with van der Waals surface area (Å²) in [5.41, 5.74) is 3.04. The normalized spacial score (nSPS) is 13.3. The molecule has 2 aromatic rings. The Hall–Kier alpha value is -2.63. The van der Waals surface area contributed by atoms with Crippen LogP contribution in [0.4, 0.5) is 4.39 Å². The summed E-state index contributed by atoms with van der Waals surface area (Å²) in [5.74, 6) is -1.98. The van der Waals surface area contributed by atoms with Crippen molar-refractivity contribution in [1.82, 2.24) is 9.88 Å². The molecule has 0 aliphatic rings. The number of nitrogens with zero attached hydrogens (tertiary/aromatic N) is 1. The largest absolute Gasteiger partial charge is 0.480 e. The van der Waals surface area contributed by atoms with Gasteiger partial charge >= 0.3 is 5.97 Å². The van der Waals surface area contributed by atoms with E-state index in [1.807, 2.05) is 48.7 Å². The molecule has 128 valence electrons. The number of halogens is 1. The van der Waals surface area contributed by atoms with Gasteiger partial charge in [-0.15, -0.1) is 0 Å². The predicted molar refractivity (Wildman–Crippen MR) is 89.0 cm³/mol. The van der Waals surface area contributed by atoms with Gasteiger partial charge in [0.25, 0.3) is 5.91 Å². The molecule has 1 aromatic carbocycles. The maximum Gasteiger partial charge on any atom is 0.328 e. The number of carboxylic acids is 1. The van der Waals surface area contributed by atoms with Crippen LogP contribution in [0.5, 0.6) is 0 Å². The van der Waals surface area contributed by atoms with Gasteiger partial charge < -0.3 is 15.0 Å². The van der Waals surface area contributed by atoms with Crippen LogP contribution in [0, 0.1) is 13.8 Å². The molecule has 24 heavy (non-hydrogen) atoms. The van der Waals surface area contributed by atoms with Gasteiger partial charge in [0.1, 0.15) is 6.67 Å². The summed E-state index contributed by atoms with van der Waals surface area (Å²) in [5, 5.41) is 11.1. The van der Waals surface area contributed by atoms with Crippen molar-refractivity contribution in [2.24, 2.45) is 0 Å². The molecule has 1 heterocycles. The zero-order valence-corrected chi connectivity index (χ0v) is 13.9. The molecule has 2 unspecified atom stereocenters. The van der Waals surface area contributed by atoms with Crippen LogP contribution < -0.4 is 5.32 Å². The minimum atomic E-state index is -1.54. The van der Waals surface area contributed by atoms with Gasteiger partial charge in [0.05, 0.1) is 11.6 Å². The number of hydrogen-bond donors (Lipinski definition) is 2. The molecule has 0 saturated heterocycles. The van der Waals surface area contributed by atoms with E-state index >= 15 is 0 Å². The third-order valence-electron chi connectivity index (χ3n) is 4.16. The molecule has 2 atom stereocenters. The molecule has 0 spiro atoms. The molecule has 0 saturated carbocycles. The van der Waals surface area contributed by atoms with Gasteiger partial charge in [0, 0.05) is 11.4 Å². The maximum atomic E-state index is 12.7. The number of alkyl halides is 1. The van der Waals surface area contributed by atoms with Gasteiger partial charge in [-0.2, -0.15) is 0 Å². The Bertz CT molecular complexity index is 740. The van der Waals surface area contributed by atoms with Gasteiger partial charge in [-0.05, 0) is 32.4 Å². The molecule has 0 aliphatic heterocycles. The highest BCUT2D eigenvalue weighted by Gasteiger charge is 2.24. The Kier molecular flexibility index (Phi) is 5.39. The number of rotatable bonds is 6. The van der Waals surface area contributed by atoms with Crippen LogP contribution in [0.1, 0.15) is 40.3 Å². The van der Waals surface area contributed by atoms with Crippen molar-refractivity contribution in [2.75, 3.05) is 6.67 Å². The van der Waals surface area contributed by atoms with Crippen molar-refractivity contribution in [3.63, 3.8) is 0 Å². The molecule has 6 heteroatoms. The van der Waals surface area contributed by atoms with Gasteiger partial charge in [0.2, 0.25) is 0 Å². The van der Waals surface area contributed by atoms with Crippen LogP contribution in [0.15, 0.2) is 36.4 Å². The van der Waals surface area contributed by atoms with Crippen molar-refractivity contribution < 1.29 is 19.1 Å². The van der Waals surface area contributed by atoms with Gasteiger partial charge in [-0.3, -0.25) is 4.79 Å². The van der Waals surface area contributed by atoms with E-state index in [0.29, 0.717) is 11.3 Å². The predicted octanol–water partition coefficient (Wildman–Crippen LogP) is 2.87. The summed E-state index contributed by atoms with van der Waals surface area (Å²) < 4.78 is 14.7. The van der Waals surface area contributed by atoms with Crippen molar-refractivity contribution in [3.05, 3.63) is 58.9 Å². The number of carboxylic acid groups (broad SMARTS) is 1. The van der Waals surface area contributed by atoms with E-state index in [1.54, 1.807) is 13.0 Å². The van der Waals surface area contributed by atoms with E-state index < -0.39 is 24.6 Å². The number of amides is 1. The standard InChI is InChI=1S/C18H21FN2O3/c1-11-9-15(17(22)20-16(10-19)18(23)24)13(3)21(11)12(2)14-7-5-4-6-8-14/h4-9,12,16H,10H2,1-3H3,(H,20,22)(H,23,24). The van der Waals surface area contributed by atoms with E-state index in [0.717, 1.165) is 11.3 Å². The molecular weight excluding hydrogens is 311 g/mol. The molecule has 5 nitrogen and oxygen atoms in total. The monoisotopic (exact) mass is 332 g/mol. The highest BCUT2D eigenvalue weighted by atomic mass is 19.1. The molecule has 2 rings (SSSR count). The zero-order valence-electron chi connectivity index (χ0n) is 13.9. The quantitative estimate of drug-likeness (QED) is 0.854. The minimum absolute atomic E-state index is 0.0178. The minimum Gasteiger partial charge on any atom is -0.480 e. The summed E-state index contributed by atoms with van der Waals surface area (Å²) in [7, 11) is 0. The average Bonchev–Trinajstić information content (AvgIpc) is 2.87. The fourth-order valence-electron chi connectivity index (χ4n) is 2.89. The Balaban J connectivity index is 2.32. The smallest absolute Gasteiger partial charge is 0.328 e. The Labute approximate surface area is 140 Å². The highest BCUT2D eigenvalue weighted by molar-refractivity contribution is 5.97. The van der Waals surface area contributed by atoms with Crippen molar-refractivity contribution in [3.8, 4) is 0 Å². The first-order chi connectivity index (χ1) is 11.4. The highest BCUT2D eigenvalue weighted by Crippen LogP contribution is 2.25. The lowest BCUT2D eigenvalue weighted by molar-refractivity contribution is -0.139. The average molecular weight is 332 g/mol. The molecule has 1 aromatic heterocycles. The van der Waals surface area contributed by atoms with Gasteiger partial charge in [0.15, 0.2) is 6.04 Å². The Morgan fingerprint density at radius 2 is 1.88 bits per heavy atom. The summed E-state index contributed by atoms with van der Waals surface area (Å²) in [6, 6.07) is 10.0. The van der Waals surface area contributed by atoms with E-state index in [4.69, 9.17) is 5.11 Å². The summed E-state index contributed by atoms with van der Waals surface area (Å²) in [4.78, 5) is 23.2. The number of carbonyl (C=O) groups excluding carboxylic acids is 1. The third kappa shape index (κ3) is 3.48. The summed E-state index contributed by atoms with van der Waals surface area (Å²) >= 11 is 0. The first kappa shape index (κ1) is 17.7. The lowest BCUT2D eigenvalue weighted by Crippen LogP contribution is -2.42. The third-order valence-corrected chi connectivity index (χ3v) is 4.16. The van der Waals surface area contributed by atoms with Crippen LogP contribution in [0.2, 0.25) is 0 Å². The van der Waals surface area contributed by atoms with E-state index in [1.165, 1.54) is 0 Å². The number of aliphatic carboxylic acids is 1. The number of nitrogens with one attached hydrogen (secondary N) is 1. The summed E-state index contributed by atoms with van der Waals surface area (Å²) in [6.45, 7) is 4.55. The number of hydrogen-bond acceptors (Lipinski definition) is 2. The number of aromatic nitrogens is 1. The molecule has 0 radical (unpaired) electrons. The second-order valence-corrected chi connectivity index (χ2v) is 5.76. The first-order valence-corrected chi connectivity index (χ1v) is 7.69. The van der Waals surface area contributed by atoms with Crippen molar-refractivity contribution >= 4 is 11.9 Å². The molecule has 2 N–H and O–H groups in total. The van der Waals surface area contributed by atoms with Crippen LogP contribution in [0.25, 0.3) is 0 Å². The van der Waals surface area contributed by atoms with Crippen LogP contribution in [-0.4, -0.2) is 34.3 Å². The zero-order chi connectivity index (χ0) is 17.9. The van der Waals surface area contributed by atoms with Gasteiger partial charge in [-0.1, -0.05) is 30.3 Å². The van der Waals surface area contributed by atoms with E-state index in [-0.39, 0.29) is 6.04 Å². The molecular formula is C18H21FN2O3. The van der Waals surface area contributed by atoms with E-state index in [9.17, 15) is 14.0 Å². The number of benzene rings is 1. The SMILES string of the molecule is Cc1cc(C(=O)NC(CF)C(=O)O)c(C)n1C(C)c1ccccc1. The Morgan fingerprint density at radius 3 is 2.42 bits per heavy atom. The molecule has 1 amide bonds. The number of carbonyl (C=O) groups is 2. The van der Waals surface area contributed by atoms with E-state index in [2.05, 4.69) is 5.32 Å². The lowest BCUT2D eigenvalue weighted by atomic mass is 10.1. The molecule has 0 fully saturated rings. The first-order valence-electron chi connectivity index (χ1n) is 7.69. The van der Waals surface area contributed by atoms with Crippen molar-refractivity contribution in [1.29, 1.82) is 0 Å². The number of aryl methyl sites for hydroxylation is 1. The topological polar surface area (TPSA) is 71.3 Å². The van der Waals surface area contributed by atoms with Crippen LogP contribution in [0.3, 0.4) is 0 Å². The van der Waals surface area contributed by atoms with Crippen molar-refractivity contribution in [2.45, 2.75) is 32.9 Å². The maximum absolute atomic E-state index is 12.7. The second-order valence-electron chi connectivity index (χ2n) is 5.76. The fraction of sp³-hybridized carbons (Fsp3) is 0.333. The lowest BCUT2D eigenvalue weighted by Gasteiger charge is -2.19.